The van der Waals surface area contributed by atoms with Crippen molar-refractivity contribution in [2.75, 3.05) is 17.7 Å². The standard InChI is InChI=1S/C17H17N5O3/c1-11-7-16(22-25-11)21-17(23)14-8-15(20-10-19-14)18-9-12-3-5-13(24-2)6-4-12/h3-8,10H,9H2,1-2H3,(H,18,19,20)(H,21,22,23). The van der Waals surface area contributed by atoms with E-state index < -0.39 is 0 Å². The normalized spacial score (nSPS) is 10.3. The molecular formula is C17H17N5O3. The highest BCUT2D eigenvalue weighted by Gasteiger charge is 2.11. The van der Waals surface area contributed by atoms with Crippen LogP contribution in [0.4, 0.5) is 11.6 Å². The Morgan fingerprint density at radius 2 is 1.96 bits per heavy atom. The number of hydrogen-bond donors (Lipinski definition) is 2. The summed E-state index contributed by atoms with van der Waals surface area (Å²) in [5.74, 6) is 1.91. The lowest BCUT2D eigenvalue weighted by atomic mass is 10.2. The molecule has 0 unspecified atom stereocenters. The van der Waals surface area contributed by atoms with Gasteiger partial charge in [0, 0.05) is 18.7 Å². The van der Waals surface area contributed by atoms with Gasteiger partial charge in [-0.1, -0.05) is 17.3 Å². The minimum Gasteiger partial charge on any atom is -0.497 e. The van der Waals surface area contributed by atoms with Crippen LogP contribution in [0.3, 0.4) is 0 Å². The van der Waals surface area contributed by atoms with Crippen LogP contribution in [0.15, 0.2) is 47.2 Å². The van der Waals surface area contributed by atoms with Gasteiger partial charge >= 0.3 is 0 Å². The lowest BCUT2D eigenvalue weighted by Gasteiger charge is -2.07. The van der Waals surface area contributed by atoms with Crippen LogP contribution in [0.1, 0.15) is 21.8 Å². The van der Waals surface area contributed by atoms with Crippen molar-refractivity contribution in [3.8, 4) is 5.75 Å². The van der Waals surface area contributed by atoms with Crippen molar-refractivity contribution in [2.24, 2.45) is 0 Å². The van der Waals surface area contributed by atoms with Gasteiger partial charge in [-0.25, -0.2) is 9.97 Å². The van der Waals surface area contributed by atoms with Gasteiger partial charge in [0.15, 0.2) is 5.82 Å². The van der Waals surface area contributed by atoms with Crippen LogP contribution < -0.4 is 15.4 Å². The number of aromatic nitrogens is 3. The Kier molecular flexibility index (Phi) is 4.89. The molecular weight excluding hydrogens is 322 g/mol. The monoisotopic (exact) mass is 339 g/mol. The average Bonchev–Trinajstić information content (AvgIpc) is 3.05. The summed E-state index contributed by atoms with van der Waals surface area (Å²) in [5, 5.41) is 9.49. The van der Waals surface area contributed by atoms with E-state index in [1.165, 1.54) is 6.33 Å². The number of carbonyl (C=O) groups excluding carboxylic acids is 1. The highest BCUT2D eigenvalue weighted by Crippen LogP contribution is 2.14. The number of ether oxygens (including phenoxy) is 1. The number of nitrogens with one attached hydrogen (secondary N) is 2. The summed E-state index contributed by atoms with van der Waals surface area (Å²) in [6.45, 7) is 2.30. The Morgan fingerprint density at radius 1 is 1.16 bits per heavy atom. The topological polar surface area (TPSA) is 102 Å². The van der Waals surface area contributed by atoms with E-state index in [0.29, 0.717) is 23.9 Å². The molecule has 2 aromatic heterocycles. The Hall–Kier alpha value is -3.42. The highest BCUT2D eigenvalue weighted by atomic mass is 16.5. The second-order valence-corrected chi connectivity index (χ2v) is 5.27. The highest BCUT2D eigenvalue weighted by molar-refractivity contribution is 6.02. The molecule has 0 saturated carbocycles. The van der Waals surface area contributed by atoms with Gasteiger partial charge in [0.2, 0.25) is 0 Å². The predicted octanol–water partition coefficient (Wildman–Crippen LogP) is 2.65. The van der Waals surface area contributed by atoms with Crippen molar-refractivity contribution in [3.05, 3.63) is 59.7 Å². The van der Waals surface area contributed by atoms with E-state index in [9.17, 15) is 4.79 Å². The lowest BCUT2D eigenvalue weighted by molar-refractivity contribution is 0.102. The molecule has 0 aliphatic rings. The van der Waals surface area contributed by atoms with E-state index in [2.05, 4.69) is 25.8 Å². The van der Waals surface area contributed by atoms with Crippen molar-refractivity contribution in [3.63, 3.8) is 0 Å². The summed E-state index contributed by atoms with van der Waals surface area (Å²) in [4.78, 5) is 20.3. The van der Waals surface area contributed by atoms with Crippen molar-refractivity contribution < 1.29 is 14.1 Å². The molecule has 128 valence electrons. The molecule has 3 rings (SSSR count). The number of aryl methyl sites for hydroxylation is 1. The first kappa shape index (κ1) is 16.4. The van der Waals surface area contributed by atoms with E-state index in [-0.39, 0.29) is 11.6 Å². The molecule has 25 heavy (non-hydrogen) atoms. The zero-order valence-electron chi connectivity index (χ0n) is 13.8. The van der Waals surface area contributed by atoms with Crippen molar-refractivity contribution in [2.45, 2.75) is 13.5 Å². The van der Waals surface area contributed by atoms with Gasteiger partial charge in [-0.05, 0) is 24.6 Å². The molecule has 0 spiro atoms. The summed E-state index contributed by atoms with van der Waals surface area (Å²) < 4.78 is 10.0. The Balaban J connectivity index is 1.63. The van der Waals surface area contributed by atoms with Gasteiger partial charge in [-0.2, -0.15) is 0 Å². The summed E-state index contributed by atoms with van der Waals surface area (Å²) >= 11 is 0. The molecule has 0 fully saturated rings. The third-order valence-corrected chi connectivity index (χ3v) is 3.40. The molecule has 3 aromatic rings. The van der Waals surface area contributed by atoms with Crippen LogP contribution in [0, 0.1) is 6.92 Å². The number of methoxy groups -OCH3 is 1. The molecule has 0 radical (unpaired) electrons. The first-order chi connectivity index (χ1) is 12.1. The van der Waals surface area contributed by atoms with Gasteiger partial charge in [0.05, 0.1) is 7.11 Å². The number of carbonyl (C=O) groups is 1. The van der Waals surface area contributed by atoms with E-state index in [4.69, 9.17) is 9.26 Å². The van der Waals surface area contributed by atoms with Gasteiger partial charge in [0.25, 0.3) is 5.91 Å². The van der Waals surface area contributed by atoms with Gasteiger partial charge in [-0.15, -0.1) is 0 Å². The molecule has 2 N–H and O–H groups in total. The van der Waals surface area contributed by atoms with Gasteiger partial charge in [-0.3, -0.25) is 4.79 Å². The summed E-state index contributed by atoms with van der Waals surface area (Å²) in [5.41, 5.74) is 1.29. The fourth-order valence-corrected chi connectivity index (χ4v) is 2.12. The SMILES string of the molecule is COc1ccc(CNc2cc(C(=O)Nc3cc(C)on3)ncn2)cc1. The molecule has 1 amide bonds. The van der Waals surface area contributed by atoms with Crippen molar-refractivity contribution in [1.29, 1.82) is 0 Å². The van der Waals surface area contributed by atoms with Crippen LogP contribution in [0.5, 0.6) is 5.75 Å². The van der Waals surface area contributed by atoms with Crippen LogP contribution in [0.25, 0.3) is 0 Å². The number of rotatable bonds is 6. The Morgan fingerprint density at radius 3 is 2.64 bits per heavy atom. The first-order valence-electron chi connectivity index (χ1n) is 7.57. The maximum Gasteiger partial charge on any atom is 0.275 e. The quantitative estimate of drug-likeness (QED) is 0.711. The number of anilines is 2. The summed E-state index contributed by atoms with van der Waals surface area (Å²) in [6.07, 6.45) is 1.33. The second kappa shape index (κ2) is 7.43. The Bertz CT molecular complexity index is 861. The van der Waals surface area contributed by atoms with E-state index >= 15 is 0 Å². The van der Waals surface area contributed by atoms with Gasteiger partial charge in [0.1, 0.15) is 29.3 Å². The average molecular weight is 339 g/mol. The zero-order chi connectivity index (χ0) is 17.6. The molecule has 8 nitrogen and oxygen atoms in total. The van der Waals surface area contributed by atoms with E-state index in [1.54, 1.807) is 26.2 Å². The molecule has 0 bridgehead atoms. The minimum atomic E-state index is -0.386. The largest absolute Gasteiger partial charge is 0.497 e. The van der Waals surface area contributed by atoms with Crippen LogP contribution in [-0.4, -0.2) is 28.1 Å². The maximum absolute atomic E-state index is 12.2. The molecule has 0 aliphatic carbocycles. The third kappa shape index (κ3) is 4.31. The van der Waals surface area contributed by atoms with Crippen molar-refractivity contribution in [1.82, 2.24) is 15.1 Å². The fourth-order valence-electron chi connectivity index (χ4n) is 2.12. The first-order valence-corrected chi connectivity index (χ1v) is 7.57. The molecule has 0 aliphatic heterocycles. The van der Waals surface area contributed by atoms with Crippen LogP contribution in [-0.2, 0) is 6.54 Å². The van der Waals surface area contributed by atoms with Crippen LogP contribution in [0.2, 0.25) is 0 Å². The van der Waals surface area contributed by atoms with E-state index in [0.717, 1.165) is 11.3 Å². The summed E-state index contributed by atoms with van der Waals surface area (Å²) in [7, 11) is 1.63. The van der Waals surface area contributed by atoms with Gasteiger partial charge < -0.3 is 19.9 Å². The molecule has 0 saturated heterocycles. The summed E-state index contributed by atoms with van der Waals surface area (Å²) in [6, 6.07) is 10.9. The Labute approximate surface area is 144 Å². The fraction of sp³-hybridized carbons (Fsp3) is 0.176. The number of amides is 1. The molecule has 2 heterocycles. The maximum atomic E-state index is 12.2. The lowest BCUT2D eigenvalue weighted by Crippen LogP contribution is -2.15. The number of hydrogen-bond acceptors (Lipinski definition) is 7. The smallest absolute Gasteiger partial charge is 0.275 e. The number of benzene rings is 1. The third-order valence-electron chi connectivity index (χ3n) is 3.40. The molecule has 8 heteroatoms. The zero-order valence-corrected chi connectivity index (χ0v) is 13.8. The molecule has 0 atom stereocenters. The van der Waals surface area contributed by atoms with Crippen molar-refractivity contribution >= 4 is 17.5 Å². The minimum absolute atomic E-state index is 0.230. The number of nitrogens with zero attached hydrogens (tertiary/aromatic N) is 3. The van der Waals surface area contributed by atoms with Crippen LogP contribution >= 0.6 is 0 Å². The predicted molar refractivity (Wildman–Crippen MR) is 91.5 cm³/mol. The van der Waals surface area contributed by atoms with E-state index in [1.807, 2.05) is 24.3 Å². The second-order valence-electron chi connectivity index (χ2n) is 5.27. The molecule has 1 aromatic carbocycles.